The number of hydrogen-bond donors (Lipinski definition) is 0. The third-order valence-corrected chi connectivity index (χ3v) is 19.5. The molecule has 0 amide bonds. The van der Waals surface area contributed by atoms with E-state index in [1.165, 1.54) is 74.0 Å². The van der Waals surface area contributed by atoms with Crippen LogP contribution in [0.4, 0.5) is 45.5 Å². The molecule has 0 N–H and O–H groups in total. The summed E-state index contributed by atoms with van der Waals surface area (Å²) in [5, 5.41) is 4.46. The molecule has 0 saturated heterocycles. The number of furan rings is 2. The lowest BCUT2D eigenvalue weighted by atomic mass is 9.33. The minimum Gasteiger partial charge on any atom is -0.454 e. The maximum Gasteiger partial charge on any atom is 0.252 e. The zero-order valence-corrected chi connectivity index (χ0v) is 48.3. The number of hydrogen-bond acceptors (Lipinski definition) is 5. The molecule has 2 aromatic heterocycles. The average molecular weight is 1040 g/mol. The molecule has 9 aromatic carbocycles. The fraction of sp³-hybridized carbons (Fsp3) is 0.270. The van der Waals surface area contributed by atoms with Crippen LogP contribution in [0.2, 0.25) is 0 Å². The van der Waals surface area contributed by atoms with Gasteiger partial charge in [0.05, 0.1) is 22.6 Å². The van der Waals surface area contributed by atoms with Crippen molar-refractivity contribution in [1.29, 1.82) is 0 Å². The molecule has 1 aliphatic carbocycles. The third-order valence-electron chi connectivity index (χ3n) is 19.5. The van der Waals surface area contributed by atoms with Gasteiger partial charge < -0.3 is 23.5 Å². The first-order chi connectivity index (χ1) is 38.3. The molecule has 5 heterocycles. The molecule has 2 atom stereocenters. The number of para-hydroxylation sites is 3. The van der Waals surface area contributed by atoms with Gasteiger partial charge in [-0.25, -0.2) is 0 Å². The third kappa shape index (κ3) is 6.90. The van der Waals surface area contributed by atoms with Gasteiger partial charge in [0.2, 0.25) is 0 Å². The van der Waals surface area contributed by atoms with E-state index in [9.17, 15) is 0 Å². The summed E-state index contributed by atoms with van der Waals surface area (Å²) >= 11 is 0. The van der Waals surface area contributed by atoms with Crippen molar-refractivity contribution in [3.63, 3.8) is 0 Å². The molecule has 5 nitrogen and oxygen atoms in total. The highest BCUT2D eigenvalue weighted by atomic mass is 16.3. The first-order valence-electron chi connectivity index (χ1n) is 29.2. The van der Waals surface area contributed by atoms with Crippen molar-refractivity contribution in [1.82, 2.24) is 0 Å². The monoisotopic (exact) mass is 1040 g/mol. The molecule has 0 radical (unpaired) electrons. The first kappa shape index (κ1) is 49.1. The quantitative estimate of drug-likeness (QED) is 0.164. The summed E-state index contributed by atoms with van der Waals surface area (Å²) in [6.45, 7) is 26.1. The molecule has 1 fully saturated rings. The van der Waals surface area contributed by atoms with Crippen molar-refractivity contribution in [3.8, 4) is 11.1 Å². The Morgan fingerprint density at radius 2 is 1.00 bits per heavy atom. The molecule has 396 valence electrons. The maximum absolute atomic E-state index is 7.36. The zero-order valence-electron chi connectivity index (χ0n) is 48.3. The predicted molar refractivity (Wildman–Crippen MR) is 339 cm³/mol. The van der Waals surface area contributed by atoms with Crippen molar-refractivity contribution >= 4 is 112 Å². The van der Waals surface area contributed by atoms with Gasteiger partial charge >= 0.3 is 0 Å². The lowest BCUT2D eigenvalue weighted by Gasteiger charge is -2.51. The minimum atomic E-state index is -0.227. The molecule has 11 aromatic rings. The number of benzene rings is 9. The van der Waals surface area contributed by atoms with E-state index >= 15 is 0 Å². The number of anilines is 8. The highest BCUT2D eigenvalue weighted by Gasteiger charge is 2.58. The lowest BCUT2D eigenvalue weighted by molar-refractivity contribution is 0.195. The Hall–Kier alpha value is -7.96. The van der Waals surface area contributed by atoms with Crippen molar-refractivity contribution in [3.05, 3.63) is 198 Å². The number of rotatable bonds is 4. The highest BCUT2D eigenvalue weighted by Crippen LogP contribution is 2.63. The summed E-state index contributed by atoms with van der Waals surface area (Å²) in [7, 11) is 0. The van der Waals surface area contributed by atoms with E-state index in [0.29, 0.717) is 0 Å². The number of nitrogens with zero attached hydrogens (tertiary/aromatic N) is 3. The van der Waals surface area contributed by atoms with Gasteiger partial charge in [0.15, 0.2) is 11.2 Å². The van der Waals surface area contributed by atoms with Crippen LogP contribution in [0.15, 0.2) is 185 Å². The van der Waals surface area contributed by atoms with Gasteiger partial charge in [-0.2, -0.15) is 0 Å². The van der Waals surface area contributed by atoms with Crippen LogP contribution in [0, 0.1) is 0 Å². The van der Waals surface area contributed by atoms with Crippen molar-refractivity contribution in [2.24, 2.45) is 0 Å². The molecule has 4 aliphatic rings. The van der Waals surface area contributed by atoms with Crippen LogP contribution in [-0.2, 0) is 21.7 Å². The molecule has 2 unspecified atom stereocenters. The van der Waals surface area contributed by atoms with Gasteiger partial charge in [0.25, 0.3) is 6.71 Å². The molecule has 3 aliphatic heterocycles. The second-order valence-electron chi connectivity index (χ2n) is 27.2. The Morgan fingerprint density at radius 1 is 0.438 bits per heavy atom. The van der Waals surface area contributed by atoms with Crippen LogP contribution in [0.3, 0.4) is 0 Å². The molecule has 0 spiro atoms. The molecular weight excluding hydrogens is 974 g/mol. The maximum atomic E-state index is 7.36. The molecule has 6 heteroatoms. The van der Waals surface area contributed by atoms with Crippen LogP contribution in [0.5, 0.6) is 0 Å². The first-order valence-corrected chi connectivity index (χ1v) is 29.2. The van der Waals surface area contributed by atoms with Gasteiger partial charge in [0, 0.05) is 61.0 Å². The summed E-state index contributed by atoms with van der Waals surface area (Å²) in [4.78, 5) is 8.01. The SMILES string of the molecule is CC(C)(C)c1ccc2c(c1)B1c3ccc4c(oc5ccccc54)c3N(c3ccc(C(C)(C)C)cc3-c3ccccc3)c3cc(N4c5ccc(C(C)(C)C)cc5C5(C)CCCCC45C)cc(c31)N2c1cccc2c1oc1ccccc12. The Morgan fingerprint density at radius 3 is 1.69 bits per heavy atom. The van der Waals surface area contributed by atoms with E-state index in [-0.39, 0.29) is 33.9 Å². The van der Waals surface area contributed by atoms with Crippen molar-refractivity contribution < 1.29 is 8.83 Å². The topological polar surface area (TPSA) is 36.0 Å². The second kappa shape index (κ2) is 16.8. The van der Waals surface area contributed by atoms with E-state index in [2.05, 4.69) is 267 Å². The van der Waals surface area contributed by atoms with Crippen molar-refractivity contribution in [2.45, 2.75) is 129 Å². The predicted octanol–water partition coefficient (Wildman–Crippen LogP) is 18.9. The van der Waals surface area contributed by atoms with E-state index in [1.54, 1.807) is 0 Å². The van der Waals surface area contributed by atoms with Crippen LogP contribution < -0.4 is 31.1 Å². The van der Waals surface area contributed by atoms with Gasteiger partial charge in [0.1, 0.15) is 11.2 Å². The van der Waals surface area contributed by atoms with Crippen LogP contribution in [-0.4, -0.2) is 12.3 Å². The zero-order chi connectivity index (χ0) is 55.0. The minimum absolute atomic E-state index is 0.00217. The second-order valence-corrected chi connectivity index (χ2v) is 27.2. The smallest absolute Gasteiger partial charge is 0.252 e. The fourth-order valence-electron chi connectivity index (χ4n) is 14.9. The van der Waals surface area contributed by atoms with Gasteiger partial charge in [-0.05, 0) is 135 Å². The summed E-state index contributed by atoms with van der Waals surface area (Å²) in [6, 6.07) is 66.9. The summed E-state index contributed by atoms with van der Waals surface area (Å²) in [6.07, 6.45) is 4.60. The summed E-state index contributed by atoms with van der Waals surface area (Å²) in [5.41, 5.74) is 23.7. The lowest BCUT2D eigenvalue weighted by Crippen LogP contribution is -2.61. The van der Waals surface area contributed by atoms with Gasteiger partial charge in [-0.15, -0.1) is 0 Å². The molecule has 0 bridgehead atoms. The summed E-state index contributed by atoms with van der Waals surface area (Å²) < 4.78 is 14.5. The largest absolute Gasteiger partial charge is 0.454 e. The van der Waals surface area contributed by atoms with Crippen LogP contribution >= 0.6 is 0 Å². The van der Waals surface area contributed by atoms with E-state index in [0.717, 1.165) is 90.8 Å². The highest BCUT2D eigenvalue weighted by molar-refractivity contribution is 7.00. The van der Waals surface area contributed by atoms with E-state index < -0.39 is 0 Å². The van der Waals surface area contributed by atoms with E-state index in [4.69, 9.17) is 8.83 Å². The summed E-state index contributed by atoms with van der Waals surface area (Å²) in [5.74, 6) is 0. The van der Waals surface area contributed by atoms with Crippen LogP contribution in [0.25, 0.3) is 55.0 Å². The normalized spacial score (nSPS) is 18.7. The van der Waals surface area contributed by atoms with Gasteiger partial charge in [-0.3, -0.25) is 0 Å². The van der Waals surface area contributed by atoms with Crippen LogP contribution in [0.1, 0.15) is 124 Å². The van der Waals surface area contributed by atoms with E-state index in [1.807, 2.05) is 0 Å². The standard InChI is InChI=1S/C74H70BN3O2/c1-70(2,3)46-30-35-58(54(40-46)45-22-13-12-14-23-45)77-63-44-49(78-59-36-31-47(71(4,5)6)41-55(59)73(10)38-19-20-39-74(73,78)11)43-62-66(63)75(56-34-33-53-51-25-16-18-29-65(51)80-69(53)67(56)77)57-42-48(72(7,8)9)32-37-60(57)76(62)61-27-21-26-52-50-24-15-17-28-64(50)79-68(52)61/h12-18,21-37,40-44H,19-20,38-39H2,1-11H3. The van der Waals surface area contributed by atoms with Gasteiger partial charge in [-0.1, -0.05) is 203 Å². The molecule has 15 rings (SSSR count). The Balaban J connectivity index is 1.13. The Labute approximate surface area is 471 Å². The average Bonchev–Trinajstić information content (AvgIpc) is 3.97. The number of fused-ring (bicyclic) bond motifs is 14. The molecule has 1 saturated carbocycles. The Bertz CT molecular complexity index is 4390. The fourth-order valence-corrected chi connectivity index (χ4v) is 14.9. The molecule has 80 heavy (non-hydrogen) atoms. The Kier molecular flexibility index (Phi) is 10.3. The van der Waals surface area contributed by atoms with Crippen molar-refractivity contribution in [2.75, 3.05) is 14.7 Å². The molecular formula is C74H70BN3O2.